The number of benzene rings is 2. The Morgan fingerprint density at radius 3 is 2.89 bits per heavy atom. The van der Waals surface area contributed by atoms with E-state index in [1.807, 2.05) is 0 Å². The van der Waals surface area contributed by atoms with E-state index in [9.17, 15) is 19.1 Å². The number of carbonyl (C=O) groups excluding carboxylic acids is 1. The van der Waals surface area contributed by atoms with E-state index in [2.05, 4.69) is 4.98 Å². The van der Waals surface area contributed by atoms with Gasteiger partial charge in [0.1, 0.15) is 17.1 Å². The third kappa shape index (κ3) is 2.90. The van der Waals surface area contributed by atoms with Crippen LogP contribution in [0, 0.1) is 5.82 Å². The summed E-state index contributed by atoms with van der Waals surface area (Å²) in [6, 6.07) is 9.20. The van der Waals surface area contributed by atoms with Gasteiger partial charge in [0, 0.05) is 5.02 Å². The Kier molecular flexibility index (Phi) is 4.05. The number of para-hydroxylation sites is 1. The van der Waals surface area contributed by atoms with E-state index in [1.54, 1.807) is 24.3 Å². The average molecular weight is 407 g/mol. The standard InChI is InChI=1S/C18H12ClFN2O4S/c1-18(8-14(23)24)16(25)22(11-7-9(19)5-6-12(11)26-18)17-21-15-10(20)3-2-4-13(15)27-17/h2-7H,8H2,1H3,(H,23,24). The number of amides is 1. The predicted octanol–water partition coefficient (Wildman–Crippen LogP) is 4.38. The number of nitrogens with zero attached hydrogens (tertiary/aromatic N) is 2. The number of halogens is 2. The van der Waals surface area contributed by atoms with Gasteiger partial charge >= 0.3 is 5.97 Å². The van der Waals surface area contributed by atoms with Crippen molar-refractivity contribution >= 4 is 55.8 Å². The lowest BCUT2D eigenvalue weighted by atomic mass is 9.97. The molecule has 6 nitrogen and oxygen atoms in total. The van der Waals surface area contributed by atoms with Gasteiger partial charge in [0.15, 0.2) is 10.7 Å². The second kappa shape index (κ2) is 6.17. The van der Waals surface area contributed by atoms with Crippen LogP contribution in [0.3, 0.4) is 0 Å². The van der Waals surface area contributed by atoms with Crippen LogP contribution < -0.4 is 9.64 Å². The number of carbonyl (C=O) groups is 2. The van der Waals surface area contributed by atoms with E-state index < -0.39 is 29.7 Å². The Morgan fingerprint density at radius 2 is 2.19 bits per heavy atom. The Hall–Kier alpha value is -2.71. The maximum atomic E-state index is 14.1. The van der Waals surface area contributed by atoms with Crippen LogP contribution in [-0.4, -0.2) is 27.6 Å². The van der Waals surface area contributed by atoms with Crippen LogP contribution in [0.25, 0.3) is 10.2 Å². The number of carboxylic acids is 1. The fourth-order valence-corrected chi connectivity index (χ4v) is 4.13. The number of aliphatic carboxylic acids is 1. The average Bonchev–Trinajstić information content (AvgIpc) is 3.01. The van der Waals surface area contributed by atoms with Crippen LogP contribution in [0.15, 0.2) is 36.4 Å². The molecule has 0 radical (unpaired) electrons. The topological polar surface area (TPSA) is 79.7 Å². The zero-order valence-corrected chi connectivity index (χ0v) is 15.5. The first-order valence-electron chi connectivity index (χ1n) is 7.88. The lowest BCUT2D eigenvalue weighted by Crippen LogP contribution is -2.53. The van der Waals surface area contributed by atoms with Gasteiger partial charge in [0.25, 0.3) is 5.91 Å². The summed E-state index contributed by atoms with van der Waals surface area (Å²) in [6.07, 6.45) is -0.538. The number of carboxylic acid groups (broad SMARTS) is 1. The molecule has 2 heterocycles. The molecule has 138 valence electrons. The molecule has 4 rings (SSSR count). The summed E-state index contributed by atoms with van der Waals surface area (Å²) in [4.78, 5) is 30.0. The molecule has 3 aromatic rings. The molecule has 1 aliphatic heterocycles. The monoisotopic (exact) mass is 406 g/mol. The summed E-state index contributed by atoms with van der Waals surface area (Å²) in [7, 11) is 0. The minimum absolute atomic E-state index is 0.139. The zero-order chi connectivity index (χ0) is 19.3. The minimum Gasteiger partial charge on any atom is -0.481 e. The molecule has 0 bridgehead atoms. The fourth-order valence-electron chi connectivity index (χ4n) is 2.97. The number of hydrogen-bond acceptors (Lipinski definition) is 5. The van der Waals surface area contributed by atoms with Crippen molar-refractivity contribution in [3.63, 3.8) is 0 Å². The quantitative estimate of drug-likeness (QED) is 0.698. The van der Waals surface area contributed by atoms with E-state index in [0.717, 1.165) is 11.3 Å². The van der Waals surface area contributed by atoms with Crippen LogP contribution in [-0.2, 0) is 9.59 Å². The molecule has 0 aliphatic carbocycles. The fraction of sp³-hybridized carbons (Fsp3) is 0.167. The molecule has 1 aliphatic rings. The van der Waals surface area contributed by atoms with Crippen molar-refractivity contribution in [1.29, 1.82) is 0 Å². The molecule has 1 N–H and O–H groups in total. The summed E-state index contributed by atoms with van der Waals surface area (Å²) in [5, 5.41) is 9.79. The number of ether oxygens (including phenoxy) is 1. The van der Waals surface area contributed by atoms with Gasteiger partial charge in [-0.2, -0.15) is 0 Å². The van der Waals surface area contributed by atoms with E-state index in [4.69, 9.17) is 16.3 Å². The highest BCUT2D eigenvalue weighted by Crippen LogP contribution is 2.46. The smallest absolute Gasteiger partial charge is 0.307 e. The van der Waals surface area contributed by atoms with Gasteiger partial charge in [-0.25, -0.2) is 14.3 Å². The summed E-state index contributed by atoms with van der Waals surface area (Å²) < 4.78 is 20.3. The SMILES string of the molecule is CC1(CC(=O)O)Oc2ccc(Cl)cc2N(c2nc3c(F)cccc3s2)C1=O. The molecule has 27 heavy (non-hydrogen) atoms. The second-order valence-electron chi connectivity index (χ2n) is 6.24. The number of thiazole rings is 1. The largest absolute Gasteiger partial charge is 0.481 e. The lowest BCUT2D eigenvalue weighted by molar-refractivity contribution is -0.148. The zero-order valence-electron chi connectivity index (χ0n) is 13.9. The normalized spacial score (nSPS) is 19.1. The maximum Gasteiger partial charge on any atom is 0.307 e. The van der Waals surface area contributed by atoms with Gasteiger partial charge in [-0.05, 0) is 37.3 Å². The van der Waals surface area contributed by atoms with E-state index in [0.29, 0.717) is 21.2 Å². The highest BCUT2D eigenvalue weighted by atomic mass is 35.5. The van der Waals surface area contributed by atoms with E-state index in [-0.39, 0.29) is 10.6 Å². The highest BCUT2D eigenvalue weighted by molar-refractivity contribution is 7.22. The molecule has 0 saturated carbocycles. The van der Waals surface area contributed by atoms with Gasteiger partial charge in [-0.15, -0.1) is 0 Å². The summed E-state index contributed by atoms with van der Waals surface area (Å²) in [6.45, 7) is 1.40. The first kappa shape index (κ1) is 17.7. The van der Waals surface area contributed by atoms with Crippen LogP contribution in [0.1, 0.15) is 13.3 Å². The van der Waals surface area contributed by atoms with Crippen molar-refractivity contribution in [2.45, 2.75) is 18.9 Å². The number of aromatic nitrogens is 1. The number of rotatable bonds is 3. The third-order valence-corrected chi connectivity index (χ3v) is 5.43. The van der Waals surface area contributed by atoms with Crippen molar-refractivity contribution in [2.24, 2.45) is 0 Å². The van der Waals surface area contributed by atoms with Crippen molar-refractivity contribution in [1.82, 2.24) is 4.98 Å². The molecule has 2 aromatic carbocycles. The number of hydrogen-bond donors (Lipinski definition) is 1. The van der Waals surface area contributed by atoms with E-state index in [1.165, 1.54) is 24.0 Å². The molecule has 9 heteroatoms. The van der Waals surface area contributed by atoms with Crippen molar-refractivity contribution in [2.75, 3.05) is 4.90 Å². The molecule has 1 aromatic heterocycles. The predicted molar refractivity (Wildman–Crippen MR) is 99.5 cm³/mol. The molecule has 0 fully saturated rings. The maximum absolute atomic E-state index is 14.1. The van der Waals surface area contributed by atoms with Crippen LogP contribution in [0.5, 0.6) is 5.75 Å². The molecule has 1 amide bonds. The molecule has 0 saturated heterocycles. The van der Waals surface area contributed by atoms with Gasteiger partial charge in [-0.1, -0.05) is 29.0 Å². The summed E-state index contributed by atoms with van der Waals surface area (Å²) >= 11 is 7.19. The Bertz CT molecular complexity index is 1100. The van der Waals surface area contributed by atoms with Crippen molar-refractivity contribution in [3.05, 3.63) is 47.2 Å². The molecule has 1 atom stereocenters. The van der Waals surface area contributed by atoms with Gasteiger partial charge in [0.2, 0.25) is 0 Å². The number of anilines is 2. The molecule has 0 spiro atoms. The van der Waals surface area contributed by atoms with Crippen molar-refractivity contribution < 1.29 is 23.8 Å². The minimum atomic E-state index is -1.64. The highest BCUT2D eigenvalue weighted by Gasteiger charge is 2.48. The Balaban J connectivity index is 1.93. The second-order valence-corrected chi connectivity index (χ2v) is 7.68. The third-order valence-electron chi connectivity index (χ3n) is 4.19. The van der Waals surface area contributed by atoms with E-state index >= 15 is 0 Å². The first-order chi connectivity index (χ1) is 12.8. The molecular formula is C18H12ClFN2O4S. The molecular weight excluding hydrogens is 395 g/mol. The lowest BCUT2D eigenvalue weighted by Gasteiger charge is -2.38. The van der Waals surface area contributed by atoms with Crippen LogP contribution in [0.2, 0.25) is 5.02 Å². The Labute approximate surface area is 161 Å². The summed E-state index contributed by atoms with van der Waals surface area (Å²) in [5.74, 6) is -2.00. The Morgan fingerprint density at radius 1 is 1.41 bits per heavy atom. The first-order valence-corrected chi connectivity index (χ1v) is 9.08. The summed E-state index contributed by atoms with van der Waals surface area (Å²) in [5.41, 5.74) is -1.17. The van der Waals surface area contributed by atoms with Crippen molar-refractivity contribution in [3.8, 4) is 5.75 Å². The van der Waals surface area contributed by atoms with Crippen LogP contribution in [0.4, 0.5) is 15.2 Å². The van der Waals surface area contributed by atoms with Gasteiger partial charge in [-0.3, -0.25) is 9.59 Å². The van der Waals surface area contributed by atoms with Gasteiger partial charge in [0.05, 0.1) is 16.8 Å². The molecule has 1 unspecified atom stereocenters. The number of fused-ring (bicyclic) bond motifs is 2. The van der Waals surface area contributed by atoms with Crippen LogP contribution >= 0.6 is 22.9 Å². The van der Waals surface area contributed by atoms with Gasteiger partial charge < -0.3 is 9.84 Å².